The summed E-state index contributed by atoms with van der Waals surface area (Å²) in [7, 11) is 0. The highest BCUT2D eigenvalue weighted by Gasteiger charge is 2.40. The van der Waals surface area contributed by atoms with Gasteiger partial charge in [0.1, 0.15) is 5.37 Å². The van der Waals surface area contributed by atoms with Crippen molar-refractivity contribution in [3.63, 3.8) is 0 Å². The highest BCUT2D eigenvalue weighted by Crippen LogP contribution is 2.46. The molecule has 2 heterocycles. The van der Waals surface area contributed by atoms with Gasteiger partial charge in [0.25, 0.3) is 0 Å². The third kappa shape index (κ3) is 2.36. The standard InChI is InChI=1S/C15H13BrN2OS/c1-10-14(19)18(13-7-3-2-6-12(13)16)15(20-10)11-5-4-8-17-9-11/h2-10,15H,1H3. The van der Waals surface area contributed by atoms with E-state index in [0.717, 1.165) is 15.7 Å². The Hall–Kier alpha value is -1.33. The third-order valence-corrected chi connectivity index (χ3v) is 5.26. The van der Waals surface area contributed by atoms with Crippen LogP contribution in [0.4, 0.5) is 5.69 Å². The molecule has 1 saturated heterocycles. The number of hydrogen-bond acceptors (Lipinski definition) is 3. The number of pyridine rings is 1. The van der Waals surface area contributed by atoms with E-state index in [1.807, 2.05) is 54.4 Å². The van der Waals surface area contributed by atoms with Gasteiger partial charge >= 0.3 is 0 Å². The Bertz CT molecular complexity index is 635. The van der Waals surface area contributed by atoms with Gasteiger partial charge in [-0.2, -0.15) is 0 Å². The van der Waals surface area contributed by atoms with E-state index in [-0.39, 0.29) is 16.5 Å². The molecule has 2 atom stereocenters. The maximum atomic E-state index is 12.5. The van der Waals surface area contributed by atoms with E-state index in [0.29, 0.717) is 0 Å². The molecule has 2 unspecified atom stereocenters. The van der Waals surface area contributed by atoms with Gasteiger partial charge in [0.2, 0.25) is 5.91 Å². The average Bonchev–Trinajstić information content (AvgIpc) is 2.77. The van der Waals surface area contributed by atoms with Crippen molar-refractivity contribution in [3.8, 4) is 0 Å². The van der Waals surface area contributed by atoms with Gasteiger partial charge in [-0.1, -0.05) is 18.2 Å². The van der Waals surface area contributed by atoms with E-state index in [2.05, 4.69) is 20.9 Å². The minimum Gasteiger partial charge on any atom is -0.294 e. The highest BCUT2D eigenvalue weighted by molar-refractivity contribution is 9.10. The zero-order chi connectivity index (χ0) is 14.1. The molecule has 1 aromatic heterocycles. The third-order valence-electron chi connectivity index (χ3n) is 3.23. The van der Waals surface area contributed by atoms with Crippen LogP contribution in [0.3, 0.4) is 0 Å². The van der Waals surface area contributed by atoms with Gasteiger partial charge in [-0.25, -0.2) is 0 Å². The summed E-state index contributed by atoms with van der Waals surface area (Å²) in [5, 5.41) is -0.0720. The smallest absolute Gasteiger partial charge is 0.241 e. The van der Waals surface area contributed by atoms with E-state index in [1.165, 1.54) is 0 Å². The number of rotatable bonds is 2. The molecule has 0 bridgehead atoms. The molecule has 0 radical (unpaired) electrons. The number of aromatic nitrogens is 1. The second-order valence-electron chi connectivity index (χ2n) is 4.58. The van der Waals surface area contributed by atoms with Gasteiger partial charge in [-0.05, 0) is 41.1 Å². The summed E-state index contributed by atoms with van der Waals surface area (Å²) in [6.45, 7) is 1.95. The van der Waals surface area contributed by atoms with Crippen molar-refractivity contribution in [2.75, 3.05) is 4.90 Å². The second-order valence-corrected chi connectivity index (χ2v) is 6.86. The van der Waals surface area contributed by atoms with Gasteiger partial charge < -0.3 is 0 Å². The first kappa shape index (κ1) is 13.6. The normalized spacial score (nSPS) is 22.3. The molecule has 0 aliphatic carbocycles. The minimum atomic E-state index is -0.0488. The lowest BCUT2D eigenvalue weighted by atomic mass is 10.2. The van der Waals surface area contributed by atoms with E-state index in [1.54, 1.807) is 18.0 Å². The fourth-order valence-corrected chi connectivity index (χ4v) is 3.99. The fraction of sp³-hybridized carbons (Fsp3) is 0.200. The highest BCUT2D eigenvalue weighted by atomic mass is 79.9. The average molecular weight is 349 g/mol. The fourth-order valence-electron chi connectivity index (χ4n) is 2.27. The van der Waals surface area contributed by atoms with E-state index < -0.39 is 0 Å². The van der Waals surface area contributed by atoms with Crippen LogP contribution in [0.1, 0.15) is 17.9 Å². The van der Waals surface area contributed by atoms with E-state index in [9.17, 15) is 4.79 Å². The van der Waals surface area contributed by atoms with Crippen molar-refractivity contribution in [1.29, 1.82) is 0 Å². The number of hydrogen-bond donors (Lipinski definition) is 0. The monoisotopic (exact) mass is 348 g/mol. The van der Waals surface area contributed by atoms with Crippen molar-refractivity contribution in [2.24, 2.45) is 0 Å². The van der Waals surface area contributed by atoms with Crippen LogP contribution >= 0.6 is 27.7 Å². The van der Waals surface area contributed by atoms with Gasteiger partial charge in [0.15, 0.2) is 0 Å². The number of carbonyl (C=O) groups is 1. The van der Waals surface area contributed by atoms with Gasteiger partial charge in [-0.15, -0.1) is 11.8 Å². The first-order chi connectivity index (χ1) is 9.68. The number of thioether (sulfide) groups is 1. The summed E-state index contributed by atoms with van der Waals surface area (Å²) in [5.41, 5.74) is 1.95. The van der Waals surface area contributed by atoms with Crippen LogP contribution in [0.2, 0.25) is 0 Å². The Kier molecular flexibility index (Phi) is 3.81. The van der Waals surface area contributed by atoms with Crippen molar-refractivity contribution in [3.05, 3.63) is 58.8 Å². The van der Waals surface area contributed by atoms with Crippen LogP contribution in [0.25, 0.3) is 0 Å². The molecule has 5 heteroatoms. The summed E-state index contributed by atoms with van der Waals surface area (Å²) in [6, 6.07) is 11.7. The van der Waals surface area contributed by atoms with Crippen LogP contribution < -0.4 is 4.90 Å². The maximum absolute atomic E-state index is 12.5. The van der Waals surface area contributed by atoms with Crippen LogP contribution in [-0.4, -0.2) is 16.1 Å². The summed E-state index contributed by atoms with van der Waals surface area (Å²) in [6.07, 6.45) is 3.57. The first-order valence-electron chi connectivity index (χ1n) is 6.31. The molecular formula is C15H13BrN2OS. The summed E-state index contributed by atoms with van der Waals surface area (Å²) in [5.74, 6) is 0.135. The number of amides is 1. The molecule has 1 aliphatic rings. The molecule has 1 aromatic carbocycles. The molecule has 1 fully saturated rings. The predicted octanol–water partition coefficient (Wildman–Crippen LogP) is 4.01. The molecular weight excluding hydrogens is 336 g/mol. The topological polar surface area (TPSA) is 33.2 Å². The van der Waals surface area contributed by atoms with Crippen molar-refractivity contribution in [2.45, 2.75) is 17.5 Å². The van der Waals surface area contributed by atoms with Gasteiger partial charge in [0, 0.05) is 22.4 Å². The van der Waals surface area contributed by atoms with E-state index >= 15 is 0 Å². The van der Waals surface area contributed by atoms with Crippen molar-refractivity contribution >= 4 is 39.3 Å². The Labute approximate surface area is 130 Å². The van der Waals surface area contributed by atoms with Crippen LogP contribution in [-0.2, 0) is 4.79 Å². The Balaban J connectivity index is 2.06. The van der Waals surface area contributed by atoms with Gasteiger partial charge in [-0.3, -0.25) is 14.7 Å². The maximum Gasteiger partial charge on any atom is 0.241 e. The number of halogens is 1. The lowest BCUT2D eigenvalue weighted by molar-refractivity contribution is -0.117. The molecule has 2 aromatic rings. The zero-order valence-corrected chi connectivity index (χ0v) is 13.3. The molecule has 1 amide bonds. The summed E-state index contributed by atoms with van der Waals surface area (Å²) in [4.78, 5) is 18.5. The molecule has 0 saturated carbocycles. The van der Waals surface area contributed by atoms with E-state index in [4.69, 9.17) is 0 Å². The predicted molar refractivity (Wildman–Crippen MR) is 85.7 cm³/mol. The number of para-hydroxylation sites is 1. The van der Waals surface area contributed by atoms with Crippen molar-refractivity contribution < 1.29 is 4.79 Å². The Morgan fingerprint density at radius 2 is 2.05 bits per heavy atom. The SMILES string of the molecule is CC1SC(c2cccnc2)N(c2ccccc2Br)C1=O. The molecule has 0 N–H and O–H groups in total. The zero-order valence-electron chi connectivity index (χ0n) is 10.9. The first-order valence-corrected chi connectivity index (χ1v) is 8.05. The number of nitrogens with zero attached hydrogens (tertiary/aromatic N) is 2. The second kappa shape index (κ2) is 5.58. The molecule has 0 spiro atoms. The van der Waals surface area contributed by atoms with Crippen LogP contribution in [0, 0.1) is 0 Å². The molecule has 20 heavy (non-hydrogen) atoms. The van der Waals surface area contributed by atoms with Crippen molar-refractivity contribution in [1.82, 2.24) is 4.98 Å². The molecule has 3 rings (SSSR count). The quantitative estimate of drug-likeness (QED) is 0.821. The number of benzene rings is 1. The number of carbonyl (C=O) groups excluding carboxylic acids is 1. The summed E-state index contributed by atoms with van der Waals surface area (Å²) >= 11 is 5.19. The molecule has 102 valence electrons. The number of anilines is 1. The van der Waals surface area contributed by atoms with Gasteiger partial charge in [0.05, 0.1) is 10.9 Å². The van der Waals surface area contributed by atoms with Crippen LogP contribution in [0.15, 0.2) is 53.3 Å². The molecule has 1 aliphatic heterocycles. The minimum absolute atomic E-state index is 0.0232. The molecule has 3 nitrogen and oxygen atoms in total. The lowest BCUT2D eigenvalue weighted by Gasteiger charge is -2.25. The largest absolute Gasteiger partial charge is 0.294 e. The Morgan fingerprint density at radius 1 is 1.25 bits per heavy atom. The summed E-state index contributed by atoms with van der Waals surface area (Å²) < 4.78 is 0.928. The van der Waals surface area contributed by atoms with Crippen LogP contribution in [0.5, 0.6) is 0 Å². The lowest BCUT2D eigenvalue weighted by Crippen LogP contribution is -2.30. The Morgan fingerprint density at radius 3 is 2.75 bits per heavy atom.